The summed E-state index contributed by atoms with van der Waals surface area (Å²) in [6, 6.07) is 7.05. The quantitative estimate of drug-likeness (QED) is 0.669. The van der Waals surface area contributed by atoms with Gasteiger partial charge in [0.05, 0.1) is 0 Å². The first kappa shape index (κ1) is 10.8. The first-order chi connectivity index (χ1) is 8.09. The number of hydrogen-bond donors (Lipinski definition) is 0. The van der Waals surface area contributed by atoms with E-state index in [1.54, 1.807) is 0 Å². The molecular formula is C15H19NO. The van der Waals surface area contributed by atoms with Crippen LogP contribution < -0.4 is 0 Å². The fourth-order valence-electron chi connectivity index (χ4n) is 3.56. The molecule has 17 heavy (non-hydrogen) atoms. The van der Waals surface area contributed by atoms with Crippen LogP contribution in [0.2, 0.25) is 0 Å². The van der Waals surface area contributed by atoms with Gasteiger partial charge in [0.15, 0.2) is 0 Å². The SMILES string of the molecule is Cc1ccc2c(c1)CCC1C(=O)N(C)[C@H](C)C21. The fourth-order valence-corrected chi connectivity index (χ4v) is 3.56. The van der Waals surface area contributed by atoms with Gasteiger partial charge in [0, 0.05) is 24.9 Å². The summed E-state index contributed by atoms with van der Waals surface area (Å²) < 4.78 is 0. The Kier molecular flexibility index (Phi) is 2.29. The lowest BCUT2D eigenvalue weighted by molar-refractivity contribution is -0.130. The van der Waals surface area contributed by atoms with Gasteiger partial charge in [0.2, 0.25) is 5.91 Å². The summed E-state index contributed by atoms with van der Waals surface area (Å²) >= 11 is 0. The second kappa shape index (κ2) is 3.59. The number of nitrogens with zero attached hydrogens (tertiary/aromatic N) is 1. The summed E-state index contributed by atoms with van der Waals surface area (Å²) in [5.41, 5.74) is 4.20. The first-order valence-electron chi connectivity index (χ1n) is 6.45. The van der Waals surface area contributed by atoms with Crippen LogP contribution in [0.3, 0.4) is 0 Å². The molecule has 0 N–H and O–H groups in total. The smallest absolute Gasteiger partial charge is 0.226 e. The van der Waals surface area contributed by atoms with Gasteiger partial charge in [-0.2, -0.15) is 0 Å². The van der Waals surface area contributed by atoms with E-state index >= 15 is 0 Å². The summed E-state index contributed by atoms with van der Waals surface area (Å²) in [5.74, 6) is 0.982. The van der Waals surface area contributed by atoms with Crippen molar-refractivity contribution >= 4 is 5.91 Å². The van der Waals surface area contributed by atoms with Crippen molar-refractivity contribution in [2.24, 2.45) is 5.92 Å². The molecule has 1 aromatic rings. The van der Waals surface area contributed by atoms with Gasteiger partial charge in [0.25, 0.3) is 0 Å². The van der Waals surface area contributed by atoms with Gasteiger partial charge in [-0.1, -0.05) is 23.8 Å². The lowest BCUT2D eigenvalue weighted by Crippen LogP contribution is -2.28. The second-order valence-corrected chi connectivity index (χ2v) is 5.56. The van der Waals surface area contributed by atoms with E-state index < -0.39 is 0 Å². The van der Waals surface area contributed by atoms with Crippen LogP contribution in [0.5, 0.6) is 0 Å². The number of rotatable bonds is 0. The van der Waals surface area contributed by atoms with E-state index in [0.717, 1.165) is 12.8 Å². The van der Waals surface area contributed by atoms with Crippen LogP contribution in [0.15, 0.2) is 18.2 Å². The number of likely N-dealkylation sites (N-methyl/N-ethyl adjacent to an activating group) is 1. The predicted molar refractivity (Wildman–Crippen MR) is 68.0 cm³/mol. The van der Waals surface area contributed by atoms with E-state index in [4.69, 9.17) is 0 Å². The largest absolute Gasteiger partial charge is 0.342 e. The van der Waals surface area contributed by atoms with Crippen molar-refractivity contribution < 1.29 is 4.79 Å². The van der Waals surface area contributed by atoms with E-state index in [2.05, 4.69) is 32.0 Å². The lowest BCUT2D eigenvalue weighted by atomic mass is 9.74. The molecule has 1 aromatic carbocycles. The number of amides is 1. The molecule has 2 unspecified atom stereocenters. The first-order valence-corrected chi connectivity index (χ1v) is 6.45. The maximum Gasteiger partial charge on any atom is 0.226 e. The third-order valence-corrected chi connectivity index (χ3v) is 4.61. The summed E-state index contributed by atoms with van der Waals surface area (Å²) in [4.78, 5) is 14.1. The standard InChI is InChI=1S/C15H19NO/c1-9-4-6-12-11(8-9)5-7-13-14(12)10(2)16(3)15(13)17/h4,6,8,10,13-14H,5,7H2,1-3H3/t10-,13?,14?/m1/s1. The highest BCUT2D eigenvalue weighted by Gasteiger charge is 2.46. The van der Waals surface area contributed by atoms with Crippen molar-refractivity contribution in [1.82, 2.24) is 4.90 Å². The minimum atomic E-state index is 0.227. The highest BCUT2D eigenvalue weighted by atomic mass is 16.2. The van der Waals surface area contributed by atoms with Gasteiger partial charge in [-0.05, 0) is 37.8 Å². The Morgan fingerprint density at radius 3 is 2.88 bits per heavy atom. The molecule has 3 rings (SSSR count). The summed E-state index contributed by atoms with van der Waals surface area (Å²) in [5, 5.41) is 0. The topological polar surface area (TPSA) is 20.3 Å². The Balaban J connectivity index is 2.09. The fraction of sp³-hybridized carbons (Fsp3) is 0.533. The summed E-state index contributed by atoms with van der Waals surface area (Å²) in [7, 11) is 1.94. The molecule has 2 heteroatoms. The molecule has 0 saturated carbocycles. The van der Waals surface area contributed by atoms with Gasteiger partial charge >= 0.3 is 0 Å². The van der Waals surface area contributed by atoms with Gasteiger partial charge in [-0.25, -0.2) is 0 Å². The maximum atomic E-state index is 12.2. The van der Waals surface area contributed by atoms with Gasteiger partial charge in [-0.15, -0.1) is 0 Å². The number of likely N-dealkylation sites (tertiary alicyclic amines) is 1. The molecule has 2 nitrogen and oxygen atoms in total. The monoisotopic (exact) mass is 229 g/mol. The number of aryl methyl sites for hydroxylation is 2. The van der Waals surface area contributed by atoms with Crippen molar-refractivity contribution in [1.29, 1.82) is 0 Å². The van der Waals surface area contributed by atoms with Crippen molar-refractivity contribution in [3.8, 4) is 0 Å². The minimum absolute atomic E-state index is 0.227. The van der Waals surface area contributed by atoms with Crippen LogP contribution in [0.1, 0.15) is 36.0 Å². The molecule has 90 valence electrons. The van der Waals surface area contributed by atoms with Crippen molar-refractivity contribution in [3.63, 3.8) is 0 Å². The Morgan fingerprint density at radius 2 is 2.12 bits per heavy atom. The van der Waals surface area contributed by atoms with Crippen molar-refractivity contribution in [3.05, 3.63) is 34.9 Å². The number of benzene rings is 1. The van der Waals surface area contributed by atoms with E-state index in [9.17, 15) is 4.79 Å². The summed E-state index contributed by atoms with van der Waals surface area (Å²) in [6.45, 7) is 4.32. The molecular weight excluding hydrogens is 210 g/mol. The van der Waals surface area contributed by atoms with Crippen molar-refractivity contribution in [2.75, 3.05) is 7.05 Å². The number of carbonyl (C=O) groups is 1. The van der Waals surface area contributed by atoms with Gasteiger partial charge < -0.3 is 4.90 Å². The maximum absolute atomic E-state index is 12.2. The zero-order valence-corrected chi connectivity index (χ0v) is 10.7. The van der Waals surface area contributed by atoms with E-state index in [0.29, 0.717) is 17.9 Å². The molecule has 1 fully saturated rings. The molecule has 0 aromatic heterocycles. The van der Waals surface area contributed by atoms with Crippen LogP contribution in [-0.4, -0.2) is 23.9 Å². The van der Waals surface area contributed by atoms with E-state index in [1.807, 2.05) is 11.9 Å². The molecule has 0 bridgehead atoms. The molecule has 3 atom stereocenters. The molecule has 1 heterocycles. The summed E-state index contributed by atoms with van der Waals surface area (Å²) in [6.07, 6.45) is 2.08. The highest BCUT2D eigenvalue weighted by molar-refractivity contribution is 5.83. The minimum Gasteiger partial charge on any atom is -0.342 e. The Morgan fingerprint density at radius 1 is 1.35 bits per heavy atom. The molecule has 0 spiro atoms. The molecule has 1 amide bonds. The third-order valence-electron chi connectivity index (χ3n) is 4.61. The zero-order chi connectivity index (χ0) is 12.2. The average molecular weight is 229 g/mol. The van der Waals surface area contributed by atoms with Gasteiger partial charge in [0.1, 0.15) is 0 Å². The molecule has 0 radical (unpaired) electrons. The lowest BCUT2D eigenvalue weighted by Gasteiger charge is -2.29. The van der Waals surface area contributed by atoms with Crippen molar-refractivity contribution in [2.45, 2.75) is 38.6 Å². The number of fused-ring (bicyclic) bond motifs is 3. The normalized spacial score (nSPS) is 31.4. The molecule has 2 aliphatic rings. The van der Waals surface area contributed by atoms with Crippen LogP contribution in [0.25, 0.3) is 0 Å². The highest BCUT2D eigenvalue weighted by Crippen LogP contribution is 2.45. The molecule has 1 aliphatic carbocycles. The van der Waals surface area contributed by atoms with Crippen LogP contribution in [0.4, 0.5) is 0 Å². The number of hydrogen-bond acceptors (Lipinski definition) is 1. The second-order valence-electron chi connectivity index (χ2n) is 5.56. The Hall–Kier alpha value is -1.31. The number of carbonyl (C=O) groups excluding carboxylic acids is 1. The van der Waals surface area contributed by atoms with Crippen LogP contribution in [-0.2, 0) is 11.2 Å². The average Bonchev–Trinajstić information content (AvgIpc) is 2.54. The third kappa shape index (κ3) is 1.43. The Bertz CT molecular complexity index is 480. The molecule has 1 aliphatic heterocycles. The predicted octanol–water partition coefficient (Wildman–Crippen LogP) is 2.50. The van der Waals surface area contributed by atoms with Gasteiger partial charge in [-0.3, -0.25) is 4.79 Å². The molecule has 1 saturated heterocycles. The van der Waals surface area contributed by atoms with Crippen LogP contribution >= 0.6 is 0 Å². The van der Waals surface area contributed by atoms with Crippen LogP contribution in [0, 0.1) is 12.8 Å². The van der Waals surface area contributed by atoms with E-state index in [1.165, 1.54) is 16.7 Å². The Labute approximate surface area is 103 Å². The zero-order valence-electron chi connectivity index (χ0n) is 10.7. The van der Waals surface area contributed by atoms with E-state index in [-0.39, 0.29) is 5.92 Å².